The molecule has 38 heavy (non-hydrogen) atoms. The van der Waals surface area contributed by atoms with Gasteiger partial charge in [0, 0.05) is 55.0 Å². The predicted octanol–water partition coefficient (Wildman–Crippen LogP) is 4.82. The normalized spacial score (nSPS) is 15.6. The van der Waals surface area contributed by atoms with Crippen molar-refractivity contribution in [2.75, 3.05) is 11.9 Å². The molecule has 9 nitrogen and oxygen atoms in total. The Hall–Kier alpha value is -4.09. The van der Waals surface area contributed by atoms with Crippen molar-refractivity contribution in [3.05, 3.63) is 71.3 Å². The fourth-order valence-electron chi connectivity index (χ4n) is 4.53. The minimum atomic E-state index is -0.920. The molecular weight excluding hydrogens is 498 g/mol. The Balaban J connectivity index is 1.53. The Kier molecular flexibility index (Phi) is 6.96. The van der Waals surface area contributed by atoms with Crippen LogP contribution in [0.15, 0.2) is 43.0 Å². The molecule has 0 saturated carbocycles. The van der Waals surface area contributed by atoms with E-state index in [1.54, 1.807) is 19.3 Å². The summed E-state index contributed by atoms with van der Waals surface area (Å²) in [6, 6.07) is 4.13. The third-order valence-corrected chi connectivity index (χ3v) is 6.42. The highest BCUT2D eigenvalue weighted by molar-refractivity contribution is 6.16. The monoisotopic (exact) mass is 524 g/mol. The van der Waals surface area contributed by atoms with E-state index in [1.807, 2.05) is 0 Å². The number of hydrogen-bond acceptors (Lipinski definition) is 6. The van der Waals surface area contributed by atoms with Gasteiger partial charge in [-0.25, -0.2) is 8.78 Å². The highest BCUT2D eigenvalue weighted by Crippen LogP contribution is 2.32. The molecule has 1 aliphatic rings. The van der Waals surface area contributed by atoms with Crippen LogP contribution in [0.3, 0.4) is 0 Å². The number of carbonyl (C=O) groups is 2. The van der Waals surface area contributed by atoms with E-state index in [4.69, 9.17) is 9.47 Å². The van der Waals surface area contributed by atoms with Crippen LogP contribution in [0, 0.1) is 11.6 Å². The maximum atomic E-state index is 15.8. The van der Waals surface area contributed by atoms with Crippen molar-refractivity contribution in [2.24, 2.45) is 7.05 Å². The van der Waals surface area contributed by atoms with Crippen LogP contribution in [0.5, 0.6) is 5.75 Å². The van der Waals surface area contributed by atoms with E-state index in [1.165, 1.54) is 34.5 Å². The van der Waals surface area contributed by atoms with Crippen LogP contribution in [0.25, 0.3) is 16.6 Å². The molecule has 0 radical (unpaired) electrons. The summed E-state index contributed by atoms with van der Waals surface area (Å²) in [4.78, 5) is 25.7. The molecule has 5 rings (SSSR count). The van der Waals surface area contributed by atoms with E-state index < -0.39 is 29.1 Å². The number of nitrogens with one attached hydrogen (secondary N) is 1. The van der Waals surface area contributed by atoms with Crippen molar-refractivity contribution in [3.63, 3.8) is 0 Å². The summed E-state index contributed by atoms with van der Waals surface area (Å²) in [6.07, 6.45) is 7.74. The average molecular weight is 525 g/mol. The third-order valence-electron chi connectivity index (χ3n) is 6.42. The van der Waals surface area contributed by atoms with Crippen molar-refractivity contribution in [1.82, 2.24) is 14.2 Å². The number of halogens is 2. The molecule has 4 heterocycles. The Labute approximate surface area is 216 Å². The molecule has 1 fully saturated rings. The first kappa shape index (κ1) is 25.6. The van der Waals surface area contributed by atoms with Crippen LogP contribution >= 0.6 is 0 Å². The topological polar surface area (TPSA) is 107 Å². The lowest BCUT2D eigenvalue weighted by atomic mass is 10.0. The van der Waals surface area contributed by atoms with Crippen LogP contribution in [-0.4, -0.2) is 43.9 Å². The number of Topliss-reactive ketones (excluding diaryl/α,β-unsaturated/α-hetero) is 1. The number of carbonyl (C=O) groups excluding carboxylic acids is 2. The van der Waals surface area contributed by atoms with Gasteiger partial charge < -0.3 is 24.3 Å². The van der Waals surface area contributed by atoms with E-state index in [0.717, 1.165) is 31.5 Å². The highest BCUT2D eigenvalue weighted by atomic mass is 19.1. The van der Waals surface area contributed by atoms with Crippen molar-refractivity contribution in [2.45, 2.75) is 39.1 Å². The van der Waals surface area contributed by atoms with Crippen LogP contribution in [-0.2, 0) is 23.1 Å². The Morgan fingerprint density at radius 3 is 2.71 bits per heavy atom. The average Bonchev–Trinajstić information content (AvgIpc) is 3.48. The van der Waals surface area contributed by atoms with E-state index >= 15 is 4.39 Å². The number of pyridine rings is 1. The molecule has 0 aliphatic carbocycles. The molecule has 3 aromatic heterocycles. The Morgan fingerprint density at radius 1 is 1.21 bits per heavy atom. The SMILES string of the molecule is CC(=O)c1cn2cc(F)c(O)cc2c1C(=O)Nc1cc(COC2CCCCO2)cc(-c2cnn(C)c2)c1F. The molecule has 1 unspecified atom stereocenters. The van der Waals surface area contributed by atoms with Gasteiger partial charge in [0.05, 0.1) is 29.6 Å². The first-order valence-electron chi connectivity index (χ1n) is 12.1. The van der Waals surface area contributed by atoms with Gasteiger partial charge >= 0.3 is 0 Å². The summed E-state index contributed by atoms with van der Waals surface area (Å²) < 4.78 is 43.9. The summed E-state index contributed by atoms with van der Waals surface area (Å²) in [5, 5.41) is 16.5. The van der Waals surface area contributed by atoms with Gasteiger partial charge in [-0.05, 0) is 43.9 Å². The van der Waals surface area contributed by atoms with Gasteiger partial charge in [0.2, 0.25) is 0 Å². The van der Waals surface area contributed by atoms with E-state index in [-0.39, 0.29) is 40.8 Å². The number of hydrogen-bond donors (Lipinski definition) is 2. The molecule has 2 N–H and O–H groups in total. The van der Waals surface area contributed by atoms with Gasteiger partial charge in [0.15, 0.2) is 29.5 Å². The molecule has 198 valence electrons. The number of aryl methyl sites for hydroxylation is 1. The Morgan fingerprint density at radius 2 is 2.03 bits per heavy atom. The second-order valence-electron chi connectivity index (χ2n) is 9.24. The lowest BCUT2D eigenvalue weighted by Crippen LogP contribution is -2.22. The number of amides is 1. The quantitative estimate of drug-likeness (QED) is 0.336. The highest BCUT2D eigenvalue weighted by Gasteiger charge is 2.24. The second kappa shape index (κ2) is 10.3. The molecule has 11 heteroatoms. The summed E-state index contributed by atoms with van der Waals surface area (Å²) in [5.74, 6) is -3.56. The van der Waals surface area contributed by atoms with E-state index in [2.05, 4.69) is 10.4 Å². The van der Waals surface area contributed by atoms with Crippen molar-refractivity contribution in [1.29, 1.82) is 0 Å². The largest absolute Gasteiger partial charge is 0.505 e. The van der Waals surface area contributed by atoms with Crippen LogP contribution in [0.2, 0.25) is 0 Å². The van der Waals surface area contributed by atoms with Crippen molar-refractivity contribution in [3.8, 4) is 16.9 Å². The van der Waals surface area contributed by atoms with Crippen LogP contribution in [0.4, 0.5) is 14.5 Å². The maximum Gasteiger partial charge on any atom is 0.258 e. The van der Waals surface area contributed by atoms with E-state index in [0.29, 0.717) is 17.7 Å². The number of fused-ring (bicyclic) bond motifs is 1. The number of aromatic hydroxyl groups is 1. The van der Waals surface area contributed by atoms with Gasteiger partial charge in [-0.3, -0.25) is 14.3 Å². The molecule has 1 atom stereocenters. The lowest BCUT2D eigenvalue weighted by Gasteiger charge is -2.23. The molecular formula is C27H26F2N4O5. The molecule has 1 aromatic carbocycles. The predicted molar refractivity (Wildman–Crippen MR) is 134 cm³/mol. The number of ketones is 1. The number of rotatable bonds is 7. The van der Waals surface area contributed by atoms with Gasteiger partial charge in [-0.15, -0.1) is 0 Å². The fraction of sp³-hybridized carbons (Fsp3) is 0.296. The van der Waals surface area contributed by atoms with Crippen molar-refractivity contribution < 1.29 is 33.0 Å². The van der Waals surface area contributed by atoms with E-state index in [9.17, 15) is 19.1 Å². The summed E-state index contributed by atoms with van der Waals surface area (Å²) in [6.45, 7) is 1.98. The summed E-state index contributed by atoms with van der Waals surface area (Å²) >= 11 is 0. The molecule has 1 aliphatic heterocycles. The van der Waals surface area contributed by atoms with Crippen LogP contribution < -0.4 is 5.32 Å². The first-order chi connectivity index (χ1) is 18.2. The van der Waals surface area contributed by atoms with Crippen molar-refractivity contribution >= 4 is 22.9 Å². The molecule has 0 bridgehead atoms. The van der Waals surface area contributed by atoms with Gasteiger partial charge in [0.25, 0.3) is 5.91 Å². The maximum absolute atomic E-state index is 15.8. The minimum Gasteiger partial charge on any atom is -0.505 e. The zero-order valence-electron chi connectivity index (χ0n) is 20.8. The fourth-order valence-corrected chi connectivity index (χ4v) is 4.53. The van der Waals surface area contributed by atoms with Crippen LogP contribution in [0.1, 0.15) is 52.5 Å². The molecule has 1 saturated heterocycles. The molecule has 0 spiro atoms. The number of ether oxygens (including phenoxy) is 2. The number of anilines is 1. The van der Waals surface area contributed by atoms with Gasteiger partial charge in [-0.2, -0.15) is 5.10 Å². The standard InChI is InChI=1S/C27H26F2N4O5/c1-15(34)19-12-33-13-20(28)23(35)9-22(33)25(19)27(36)31-21-8-16(14-38-24-5-3-4-6-37-24)7-18(26(21)29)17-10-30-32(2)11-17/h7-13,24,35H,3-6,14H2,1-2H3,(H,31,36). The number of nitrogens with zero attached hydrogens (tertiary/aromatic N) is 3. The third kappa shape index (κ3) is 5.02. The van der Waals surface area contributed by atoms with Gasteiger partial charge in [0.1, 0.15) is 0 Å². The second-order valence-corrected chi connectivity index (χ2v) is 9.24. The molecule has 4 aromatic rings. The zero-order valence-corrected chi connectivity index (χ0v) is 20.8. The number of benzene rings is 1. The lowest BCUT2D eigenvalue weighted by molar-refractivity contribution is -0.168. The summed E-state index contributed by atoms with van der Waals surface area (Å²) in [5.41, 5.74) is 1.11. The Bertz CT molecular complexity index is 1540. The zero-order chi connectivity index (χ0) is 27.0. The summed E-state index contributed by atoms with van der Waals surface area (Å²) in [7, 11) is 1.71. The minimum absolute atomic E-state index is 0.00525. The first-order valence-corrected chi connectivity index (χ1v) is 12.1. The van der Waals surface area contributed by atoms with Gasteiger partial charge in [-0.1, -0.05) is 0 Å². The smallest absolute Gasteiger partial charge is 0.258 e. The molecule has 1 amide bonds. The number of aromatic nitrogens is 3.